The summed E-state index contributed by atoms with van der Waals surface area (Å²) in [5.74, 6) is 0. The highest BCUT2D eigenvalue weighted by molar-refractivity contribution is 5.05. The van der Waals surface area contributed by atoms with E-state index >= 15 is 0 Å². The van der Waals surface area contributed by atoms with E-state index in [1.54, 1.807) is 0 Å². The molecule has 2 fully saturated rings. The van der Waals surface area contributed by atoms with Gasteiger partial charge in [0.25, 0.3) is 0 Å². The molecule has 2 saturated heterocycles. The molecule has 3 N–H and O–H groups in total. The maximum Gasteiger partial charge on any atom is 0.0627 e. The van der Waals surface area contributed by atoms with E-state index in [1.807, 2.05) is 0 Å². The molecule has 2 unspecified atom stereocenters. The molecule has 3 nitrogen and oxygen atoms in total. The summed E-state index contributed by atoms with van der Waals surface area (Å²) in [7, 11) is 0. The third kappa shape index (κ3) is 0.991. The normalized spacial score (nSPS) is 44.7. The van der Waals surface area contributed by atoms with E-state index in [0.717, 1.165) is 13.0 Å². The first-order chi connectivity index (χ1) is 5.26. The minimum atomic E-state index is -0.281. The molecule has 0 aliphatic carbocycles. The minimum absolute atomic E-state index is 0.147. The fraction of sp³-hybridized carbons (Fsp3) is 1.00. The first-order valence-corrected chi connectivity index (χ1v) is 4.40. The van der Waals surface area contributed by atoms with Crippen LogP contribution in [0.2, 0.25) is 0 Å². The Balaban J connectivity index is 2.14. The van der Waals surface area contributed by atoms with Crippen molar-refractivity contribution in [3.05, 3.63) is 0 Å². The highest BCUT2D eigenvalue weighted by Gasteiger charge is 2.45. The molecule has 0 saturated carbocycles. The van der Waals surface area contributed by atoms with Gasteiger partial charge in [0.2, 0.25) is 0 Å². The van der Waals surface area contributed by atoms with Crippen LogP contribution in [0.3, 0.4) is 0 Å². The number of aliphatic hydroxyl groups excluding tert-OH is 1. The maximum atomic E-state index is 9.12. The molecular formula is C8H16N2O. The maximum absolute atomic E-state index is 9.12. The van der Waals surface area contributed by atoms with Gasteiger partial charge in [-0.25, -0.2) is 0 Å². The SMILES string of the molecule is NC1(CO)CCN2CCCC21. The number of fused-ring (bicyclic) bond motifs is 1. The van der Waals surface area contributed by atoms with E-state index in [2.05, 4.69) is 4.90 Å². The Labute approximate surface area is 67.2 Å². The molecule has 0 amide bonds. The van der Waals surface area contributed by atoms with Crippen LogP contribution in [0, 0.1) is 0 Å². The van der Waals surface area contributed by atoms with Gasteiger partial charge in [-0.3, -0.25) is 4.90 Å². The molecular weight excluding hydrogens is 140 g/mol. The van der Waals surface area contributed by atoms with Gasteiger partial charge in [0.05, 0.1) is 12.1 Å². The van der Waals surface area contributed by atoms with Gasteiger partial charge in [0, 0.05) is 12.6 Å². The summed E-state index contributed by atoms with van der Waals surface area (Å²) in [6.45, 7) is 2.42. The van der Waals surface area contributed by atoms with Gasteiger partial charge in [-0.1, -0.05) is 0 Å². The molecule has 2 rings (SSSR count). The average molecular weight is 156 g/mol. The van der Waals surface area contributed by atoms with Crippen molar-refractivity contribution in [3.63, 3.8) is 0 Å². The van der Waals surface area contributed by atoms with E-state index in [4.69, 9.17) is 10.8 Å². The van der Waals surface area contributed by atoms with Gasteiger partial charge in [-0.15, -0.1) is 0 Å². The lowest BCUT2D eigenvalue weighted by Crippen LogP contribution is -2.52. The predicted molar refractivity (Wildman–Crippen MR) is 43.2 cm³/mol. The summed E-state index contributed by atoms with van der Waals surface area (Å²) in [5, 5.41) is 9.12. The Morgan fingerprint density at radius 3 is 3.09 bits per heavy atom. The largest absolute Gasteiger partial charge is 0.394 e. The van der Waals surface area contributed by atoms with Gasteiger partial charge in [0.15, 0.2) is 0 Å². The molecule has 3 heteroatoms. The Morgan fingerprint density at radius 2 is 2.36 bits per heavy atom. The van der Waals surface area contributed by atoms with Crippen molar-refractivity contribution in [2.24, 2.45) is 5.73 Å². The number of hydrogen-bond acceptors (Lipinski definition) is 3. The van der Waals surface area contributed by atoms with Crippen LogP contribution in [-0.4, -0.2) is 41.3 Å². The zero-order chi connectivity index (χ0) is 7.90. The first kappa shape index (κ1) is 7.53. The lowest BCUT2D eigenvalue weighted by atomic mass is 9.91. The van der Waals surface area contributed by atoms with Crippen LogP contribution in [0.1, 0.15) is 19.3 Å². The quantitative estimate of drug-likeness (QED) is 0.540. The van der Waals surface area contributed by atoms with Crippen LogP contribution in [0.15, 0.2) is 0 Å². The van der Waals surface area contributed by atoms with Crippen molar-refractivity contribution in [3.8, 4) is 0 Å². The number of aliphatic hydroxyl groups is 1. The summed E-state index contributed by atoms with van der Waals surface area (Å²) in [5.41, 5.74) is 5.77. The van der Waals surface area contributed by atoms with Crippen LogP contribution >= 0.6 is 0 Å². The molecule has 0 radical (unpaired) electrons. The zero-order valence-electron chi connectivity index (χ0n) is 6.79. The van der Waals surface area contributed by atoms with Crippen molar-refractivity contribution < 1.29 is 5.11 Å². The Hall–Kier alpha value is -0.120. The second kappa shape index (κ2) is 2.44. The molecule has 2 aliphatic rings. The van der Waals surface area contributed by atoms with Crippen LogP contribution in [0.25, 0.3) is 0 Å². The number of hydrogen-bond donors (Lipinski definition) is 2. The fourth-order valence-corrected chi connectivity index (χ4v) is 2.45. The van der Waals surface area contributed by atoms with Crippen LogP contribution < -0.4 is 5.73 Å². The monoisotopic (exact) mass is 156 g/mol. The first-order valence-electron chi connectivity index (χ1n) is 4.40. The average Bonchev–Trinajstić information content (AvgIpc) is 2.55. The van der Waals surface area contributed by atoms with Crippen LogP contribution in [0.4, 0.5) is 0 Å². The highest BCUT2D eigenvalue weighted by atomic mass is 16.3. The fourth-order valence-electron chi connectivity index (χ4n) is 2.45. The summed E-state index contributed by atoms with van der Waals surface area (Å²) in [4.78, 5) is 2.41. The predicted octanol–water partition coefficient (Wildman–Crippen LogP) is -0.456. The van der Waals surface area contributed by atoms with Gasteiger partial charge < -0.3 is 10.8 Å². The van der Waals surface area contributed by atoms with Crippen molar-refractivity contribution in [2.75, 3.05) is 19.7 Å². The second-order valence-electron chi connectivity index (χ2n) is 3.84. The van der Waals surface area contributed by atoms with Crippen molar-refractivity contribution in [1.82, 2.24) is 4.90 Å². The molecule has 0 aromatic rings. The van der Waals surface area contributed by atoms with Gasteiger partial charge in [-0.05, 0) is 25.8 Å². The molecule has 0 bridgehead atoms. The lowest BCUT2D eigenvalue weighted by molar-refractivity contribution is 0.160. The Bertz CT molecular complexity index is 162. The molecule has 2 aliphatic heterocycles. The summed E-state index contributed by atoms with van der Waals surface area (Å²) in [6.07, 6.45) is 3.40. The zero-order valence-corrected chi connectivity index (χ0v) is 6.79. The van der Waals surface area contributed by atoms with Crippen molar-refractivity contribution in [1.29, 1.82) is 0 Å². The van der Waals surface area contributed by atoms with Crippen molar-refractivity contribution >= 4 is 0 Å². The molecule has 2 heterocycles. The van der Waals surface area contributed by atoms with Gasteiger partial charge in [0.1, 0.15) is 0 Å². The minimum Gasteiger partial charge on any atom is -0.394 e. The third-order valence-corrected chi connectivity index (χ3v) is 3.19. The van der Waals surface area contributed by atoms with E-state index in [1.165, 1.54) is 19.4 Å². The molecule has 0 aromatic carbocycles. The standard InChI is InChI=1S/C8H16N2O/c9-8(6-11)3-5-10-4-1-2-7(8)10/h7,11H,1-6,9H2. The molecule has 0 aromatic heterocycles. The molecule has 11 heavy (non-hydrogen) atoms. The third-order valence-electron chi connectivity index (χ3n) is 3.19. The Kier molecular flexibility index (Phi) is 1.67. The molecule has 64 valence electrons. The summed E-state index contributed by atoms with van der Waals surface area (Å²) < 4.78 is 0. The number of nitrogens with two attached hydrogens (primary N) is 1. The second-order valence-corrected chi connectivity index (χ2v) is 3.84. The van der Waals surface area contributed by atoms with Crippen LogP contribution in [-0.2, 0) is 0 Å². The van der Waals surface area contributed by atoms with E-state index in [9.17, 15) is 0 Å². The molecule has 0 spiro atoms. The topological polar surface area (TPSA) is 49.5 Å². The van der Waals surface area contributed by atoms with Gasteiger partial charge in [-0.2, -0.15) is 0 Å². The van der Waals surface area contributed by atoms with E-state index < -0.39 is 0 Å². The smallest absolute Gasteiger partial charge is 0.0627 e. The number of nitrogens with zero attached hydrogens (tertiary/aromatic N) is 1. The molecule has 2 atom stereocenters. The number of rotatable bonds is 1. The summed E-state index contributed by atoms with van der Waals surface area (Å²) >= 11 is 0. The Morgan fingerprint density at radius 1 is 1.55 bits per heavy atom. The van der Waals surface area contributed by atoms with Crippen LogP contribution in [0.5, 0.6) is 0 Å². The van der Waals surface area contributed by atoms with Gasteiger partial charge >= 0.3 is 0 Å². The van der Waals surface area contributed by atoms with Crippen molar-refractivity contribution in [2.45, 2.75) is 30.8 Å². The lowest BCUT2D eigenvalue weighted by Gasteiger charge is -2.28. The van der Waals surface area contributed by atoms with E-state index in [-0.39, 0.29) is 12.1 Å². The summed E-state index contributed by atoms with van der Waals surface area (Å²) in [6, 6.07) is 0.465. The highest BCUT2D eigenvalue weighted by Crippen LogP contribution is 2.33. The van der Waals surface area contributed by atoms with E-state index in [0.29, 0.717) is 6.04 Å².